The van der Waals surface area contributed by atoms with Gasteiger partial charge in [-0.1, -0.05) is 22.0 Å². The SMILES string of the molecule is Cc1ccc(Br)cc1S(=O)(=O)N1CCCCC1(C)C(=O)O. The van der Waals surface area contributed by atoms with Gasteiger partial charge in [0.1, 0.15) is 5.54 Å². The molecule has 1 aromatic rings. The van der Waals surface area contributed by atoms with Crippen molar-refractivity contribution in [2.45, 2.75) is 43.5 Å². The average Bonchev–Trinajstić information content (AvgIpc) is 2.41. The predicted molar refractivity (Wildman–Crippen MR) is 82.7 cm³/mol. The Bertz CT molecular complexity index is 674. The van der Waals surface area contributed by atoms with Gasteiger partial charge in [-0.25, -0.2) is 8.42 Å². The van der Waals surface area contributed by atoms with Crippen LogP contribution in [0.3, 0.4) is 0 Å². The van der Waals surface area contributed by atoms with Crippen molar-refractivity contribution in [3.05, 3.63) is 28.2 Å². The Kier molecular flexibility index (Phi) is 4.46. The van der Waals surface area contributed by atoms with Crippen molar-refractivity contribution in [3.63, 3.8) is 0 Å². The van der Waals surface area contributed by atoms with Gasteiger partial charge in [-0.15, -0.1) is 0 Å². The third-order valence-electron chi connectivity index (χ3n) is 4.00. The minimum absolute atomic E-state index is 0.159. The molecule has 1 heterocycles. The van der Waals surface area contributed by atoms with E-state index in [1.165, 1.54) is 13.0 Å². The molecule has 0 bridgehead atoms. The van der Waals surface area contributed by atoms with E-state index in [0.717, 1.165) is 4.31 Å². The summed E-state index contributed by atoms with van der Waals surface area (Å²) in [5.41, 5.74) is -0.775. The van der Waals surface area contributed by atoms with E-state index in [4.69, 9.17) is 0 Å². The van der Waals surface area contributed by atoms with E-state index in [1.54, 1.807) is 19.1 Å². The number of hydrogen-bond acceptors (Lipinski definition) is 3. The number of sulfonamides is 1. The first-order valence-electron chi connectivity index (χ1n) is 6.72. The maximum Gasteiger partial charge on any atom is 0.324 e. The lowest BCUT2D eigenvalue weighted by Crippen LogP contribution is -2.57. The van der Waals surface area contributed by atoms with Crippen LogP contribution in [0.2, 0.25) is 0 Å². The summed E-state index contributed by atoms with van der Waals surface area (Å²) in [5.74, 6) is -1.10. The van der Waals surface area contributed by atoms with Gasteiger partial charge in [0, 0.05) is 11.0 Å². The molecule has 21 heavy (non-hydrogen) atoms. The fourth-order valence-corrected chi connectivity index (χ4v) is 5.24. The number of rotatable bonds is 3. The Balaban J connectivity index is 2.56. The van der Waals surface area contributed by atoms with Gasteiger partial charge in [0.25, 0.3) is 0 Å². The number of halogens is 1. The fraction of sp³-hybridized carbons (Fsp3) is 0.500. The second-order valence-electron chi connectivity index (χ2n) is 5.52. The number of carboxylic acids is 1. The molecule has 2 rings (SSSR count). The molecule has 1 aliphatic rings. The number of benzene rings is 1. The second-order valence-corrected chi connectivity index (χ2v) is 8.27. The molecule has 0 aromatic heterocycles. The zero-order chi connectivity index (χ0) is 15.8. The van der Waals surface area contributed by atoms with Gasteiger partial charge < -0.3 is 5.11 Å². The molecule has 0 spiro atoms. The van der Waals surface area contributed by atoms with Gasteiger partial charge in [0.05, 0.1) is 4.90 Å². The van der Waals surface area contributed by atoms with Crippen LogP contribution in [0.1, 0.15) is 31.7 Å². The van der Waals surface area contributed by atoms with Gasteiger partial charge in [-0.3, -0.25) is 4.79 Å². The first-order chi connectivity index (χ1) is 9.69. The molecule has 0 saturated carbocycles. The smallest absolute Gasteiger partial charge is 0.324 e. The van der Waals surface area contributed by atoms with Crippen molar-refractivity contribution < 1.29 is 18.3 Å². The summed E-state index contributed by atoms with van der Waals surface area (Å²) in [6.45, 7) is 3.43. The summed E-state index contributed by atoms with van der Waals surface area (Å²) in [5, 5.41) is 9.49. The van der Waals surface area contributed by atoms with Crippen LogP contribution in [-0.4, -0.2) is 35.9 Å². The highest BCUT2D eigenvalue weighted by Gasteiger charge is 2.48. The molecular formula is C14H18BrNO4S. The number of nitrogens with zero attached hydrogens (tertiary/aromatic N) is 1. The minimum Gasteiger partial charge on any atom is -0.480 e. The molecule has 1 unspecified atom stereocenters. The van der Waals surface area contributed by atoms with Crippen molar-refractivity contribution in [2.75, 3.05) is 6.54 Å². The van der Waals surface area contributed by atoms with Crippen LogP contribution in [0.5, 0.6) is 0 Å². The molecule has 5 nitrogen and oxygen atoms in total. The van der Waals surface area contributed by atoms with Crippen molar-refractivity contribution in [3.8, 4) is 0 Å². The number of hydrogen-bond donors (Lipinski definition) is 1. The van der Waals surface area contributed by atoms with Crippen molar-refractivity contribution in [2.24, 2.45) is 0 Å². The van der Waals surface area contributed by atoms with Gasteiger partial charge in [0.15, 0.2) is 0 Å². The zero-order valence-corrected chi connectivity index (χ0v) is 14.4. The van der Waals surface area contributed by atoms with E-state index in [2.05, 4.69) is 15.9 Å². The van der Waals surface area contributed by atoms with Crippen LogP contribution < -0.4 is 0 Å². The quantitative estimate of drug-likeness (QED) is 0.880. The molecule has 1 saturated heterocycles. The maximum atomic E-state index is 12.9. The highest BCUT2D eigenvalue weighted by Crippen LogP contribution is 2.35. The van der Waals surface area contributed by atoms with Gasteiger partial charge in [-0.05, 0) is 50.8 Å². The molecule has 116 valence electrons. The first kappa shape index (κ1) is 16.5. The summed E-state index contributed by atoms with van der Waals surface area (Å²) in [7, 11) is -3.85. The average molecular weight is 376 g/mol. The number of piperidine rings is 1. The zero-order valence-electron chi connectivity index (χ0n) is 12.0. The topological polar surface area (TPSA) is 74.7 Å². The standard InChI is InChI=1S/C14H18BrNO4S/c1-10-5-6-11(15)9-12(10)21(19,20)16-8-4-3-7-14(16,2)13(17)18/h5-6,9H,3-4,7-8H2,1-2H3,(H,17,18). The molecule has 0 amide bonds. The molecule has 1 atom stereocenters. The third-order valence-corrected chi connectivity index (χ3v) is 6.66. The Morgan fingerprint density at radius 1 is 1.38 bits per heavy atom. The van der Waals surface area contributed by atoms with Crippen LogP contribution >= 0.6 is 15.9 Å². The fourth-order valence-electron chi connectivity index (χ4n) is 2.67. The van der Waals surface area contributed by atoms with E-state index in [9.17, 15) is 18.3 Å². The summed E-state index contributed by atoms with van der Waals surface area (Å²) in [6, 6.07) is 5.00. The summed E-state index contributed by atoms with van der Waals surface area (Å²) in [6.07, 6.45) is 1.72. The normalized spacial score (nSPS) is 24.0. The summed E-state index contributed by atoms with van der Waals surface area (Å²) >= 11 is 3.27. The molecule has 1 aliphatic heterocycles. The Labute approximate surface area is 133 Å². The minimum atomic E-state index is -3.85. The van der Waals surface area contributed by atoms with Crippen LogP contribution in [0.15, 0.2) is 27.6 Å². The van der Waals surface area contributed by atoms with Crippen LogP contribution in [0.4, 0.5) is 0 Å². The Morgan fingerprint density at radius 2 is 2.05 bits per heavy atom. The molecule has 0 aliphatic carbocycles. The largest absolute Gasteiger partial charge is 0.480 e. The first-order valence-corrected chi connectivity index (χ1v) is 8.95. The Morgan fingerprint density at radius 3 is 2.67 bits per heavy atom. The third kappa shape index (κ3) is 2.86. The summed E-state index contributed by atoms with van der Waals surface area (Å²) < 4.78 is 27.6. The van der Waals surface area contributed by atoms with E-state index >= 15 is 0 Å². The van der Waals surface area contributed by atoms with Crippen molar-refractivity contribution in [1.29, 1.82) is 0 Å². The molecule has 1 aromatic carbocycles. The van der Waals surface area contributed by atoms with E-state index < -0.39 is 21.5 Å². The molecular weight excluding hydrogens is 358 g/mol. The monoisotopic (exact) mass is 375 g/mol. The highest BCUT2D eigenvalue weighted by atomic mass is 79.9. The van der Waals surface area contributed by atoms with E-state index in [-0.39, 0.29) is 11.4 Å². The molecule has 1 N–H and O–H groups in total. The number of aryl methyl sites for hydroxylation is 1. The van der Waals surface area contributed by atoms with Crippen LogP contribution in [0, 0.1) is 6.92 Å². The van der Waals surface area contributed by atoms with Crippen molar-refractivity contribution in [1.82, 2.24) is 4.31 Å². The Hall–Kier alpha value is -0.920. The number of carboxylic acid groups (broad SMARTS) is 1. The second kappa shape index (κ2) is 5.70. The van der Waals surface area contributed by atoms with Crippen molar-refractivity contribution >= 4 is 31.9 Å². The van der Waals surface area contributed by atoms with E-state index in [1.807, 2.05) is 0 Å². The van der Waals surface area contributed by atoms with Crippen LogP contribution in [0.25, 0.3) is 0 Å². The summed E-state index contributed by atoms with van der Waals surface area (Å²) in [4.78, 5) is 11.8. The molecule has 0 radical (unpaired) electrons. The lowest BCUT2D eigenvalue weighted by atomic mass is 9.91. The van der Waals surface area contributed by atoms with Gasteiger partial charge >= 0.3 is 5.97 Å². The van der Waals surface area contributed by atoms with Crippen LogP contribution in [-0.2, 0) is 14.8 Å². The highest BCUT2D eigenvalue weighted by molar-refractivity contribution is 9.10. The number of carbonyl (C=O) groups is 1. The lowest BCUT2D eigenvalue weighted by Gasteiger charge is -2.40. The lowest BCUT2D eigenvalue weighted by molar-refractivity contribution is -0.149. The molecule has 1 fully saturated rings. The van der Waals surface area contributed by atoms with Gasteiger partial charge in [0.2, 0.25) is 10.0 Å². The van der Waals surface area contributed by atoms with E-state index in [0.29, 0.717) is 29.3 Å². The van der Waals surface area contributed by atoms with Gasteiger partial charge in [-0.2, -0.15) is 4.31 Å². The predicted octanol–water partition coefficient (Wildman–Crippen LogP) is 2.78. The molecule has 7 heteroatoms. The number of aliphatic carboxylic acids is 1. The maximum absolute atomic E-state index is 12.9.